The first kappa shape index (κ1) is 21.2. The molecule has 1 heterocycles. The minimum atomic E-state index is -0.384. The van der Waals surface area contributed by atoms with Gasteiger partial charge in [-0.2, -0.15) is 0 Å². The van der Waals surface area contributed by atoms with Crippen LogP contribution in [0, 0.1) is 12.8 Å². The van der Waals surface area contributed by atoms with E-state index < -0.39 is 0 Å². The van der Waals surface area contributed by atoms with Crippen LogP contribution in [0.3, 0.4) is 0 Å². The fourth-order valence-corrected chi connectivity index (χ4v) is 4.97. The minimum absolute atomic E-state index is 0.0648. The first-order chi connectivity index (χ1) is 13.9. The Bertz CT molecular complexity index is 914. The van der Waals surface area contributed by atoms with E-state index in [0.717, 1.165) is 35.3 Å². The lowest BCUT2D eigenvalue weighted by Gasteiger charge is -2.18. The molecule has 6 heteroatoms. The number of rotatable bonds is 7. The molecule has 1 aliphatic rings. The minimum Gasteiger partial charge on any atom is -0.462 e. The molecule has 3 rings (SSSR count). The van der Waals surface area contributed by atoms with E-state index in [1.54, 1.807) is 19.1 Å². The van der Waals surface area contributed by atoms with Gasteiger partial charge in [0.05, 0.1) is 12.2 Å². The van der Waals surface area contributed by atoms with Crippen molar-refractivity contribution in [3.05, 3.63) is 51.4 Å². The Labute approximate surface area is 175 Å². The monoisotopic (exact) mass is 413 g/mol. The quantitative estimate of drug-likeness (QED) is 0.514. The normalized spacial score (nSPS) is 15.5. The SMILES string of the molecule is CCOC(=O)c1c(NC(=O)CCC(=O)c2ccc(C)cc2)sc2c1CCC(C)C2. The Hall–Kier alpha value is -2.47. The molecule has 1 amide bonds. The molecule has 0 aliphatic heterocycles. The third kappa shape index (κ3) is 5.12. The van der Waals surface area contributed by atoms with Crippen LogP contribution in [-0.4, -0.2) is 24.3 Å². The van der Waals surface area contributed by atoms with Crippen molar-refractivity contribution in [3.8, 4) is 0 Å². The van der Waals surface area contributed by atoms with Crippen LogP contribution in [0.25, 0.3) is 0 Å². The van der Waals surface area contributed by atoms with Crippen LogP contribution >= 0.6 is 11.3 Å². The standard InChI is InChI=1S/C23H27NO4S/c1-4-28-23(27)21-17-10-7-15(3)13-19(17)29-22(21)24-20(26)12-11-18(25)16-8-5-14(2)6-9-16/h5-6,8-9,15H,4,7,10-13H2,1-3H3,(H,24,26). The Morgan fingerprint density at radius 2 is 1.90 bits per heavy atom. The van der Waals surface area contributed by atoms with Crippen LogP contribution in [0.5, 0.6) is 0 Å². The van der Waals surface area contributed by atoms with E-state index in [2.05, 4.69) is 12.2 Å². The van der Waals surface area contributed by atoms with Gasteiger partial charge in [-0.15, -0.1) is 11.3 Å². The lowest BCUT2D eigenvalue weighted by molar-refractivity contribution is -0.116. The first-order valence-corrected chi connectivity index (χ1v) is 10.9. The summed E-state index contributed by atoms with van der Waals surface area (Å²) in [6, 6.07) is 7.33. The van der Waals surface area contributed by atoms with Crippen molar-refractivity contribution in [2.24, 2.45) is 5.92 Å². The van der Waals surface area contributed by atoms with Gasteiger partial charge in [-0.3, -0.25) is 9.59 Å². The van der Waals surface area contributed by atoms with E-state index in [9.17, 15) is 14.4 Å². The van der Waals surface area contributed by atoms with Crippen molar-refractivity contribution in [1.29, 1.82) is 0 Å². The van der Waals surface area contributed by atoms with Crippen molar-refractivity contribution in [2.75, 3.05) is 11.9 Å². The number of fused-ring (bicyclic) bond motifs is 1. The molecule has 1 N–H and O–H groups in total. The number of carbonyl (C=O) groups is 3. The fraction of sp³-hybridized carbons (Fsp3) is 0.435. The number of amides is 1. The smallest absolute Gasteiger partial charge is 0.341 e. The zero-order chi connectivity index (χ0) is 21.0. The Kier molecular flexibility index (Phi) is 6.85. The van der Waals surface area contributed by atoms with Gasteiger partial charge < -0.3 is 10.1 Å². The summed E-state index contributed by atoms with van der Waals surface area (Å²) < 4.78 is 5.23. The summed E-state index contributed by atoms with van der Waals surface area (Å²) in [7, 11) is 0. The molecule has 5 nitrogen and oxygen atoms in total. The number of Topliss-reactive ketones (excluding diaryl/α,β-unsaturated/α-hetero) is 1. The van der Waals surface area contributed by atoms with Gasteiger partial charge in [0.25, 0.3) is 0 Å². The van der Waals surface area contributed by atoms with Crippen molar-refractivity contribution in [3.63, 3.8) is 0 Å². The molecule has 1 atom stereocenters. The molecule has 0 bridgehead atoms. The topological polar surface area (TPSA) is 72.5 Å². The molecule has 2 aromatic rings. The number of benzene rings is 1. The molecule has 1 aromatic heterocycles. The molecule has 0 fully saturated rings. The van der Waals surface area contributed by atoms with Crippen molar-refractivity contribution < 1.29 is 19.1 Å². The summed E-state index contributed by atoms with van der Waals surface area (Å²) in [6.45, 7) is 6.22. The molecule has 1 unspecified atom stereocenters. The van der Waals surface area contributed by atoms with Gasteiger partial charge in [-0.25, -0.2) is 4.79 Å². The van der Waals surface area contributed by atoms with Crippen LogP contribution < -0.4 is 5.32 Å². The largest absolute Gasteiger partial charge is 0.462 e. The second-order valence-corrected chi connectivity index (χ2v) is 8.72. The summed E-state index contributed by atoms with van der Waals surface area (Å²) in [4.78, 5) is 38.5. The van der Waals surface area contributed by atoms with Gasteiger partial charge in [0.1, 0.15) is 5.00 Å². The summed E-state index contributed by atoms with van der Waals surface area (Å²) in [5, 5.41) is 3.42. The highest BCUT2D eigenvalue weighted by Crippen LogP contribution is 2.40. The van der Waals surface area contributed by atoms with Gasteiger partial charge in [-0.1, -0.05) is 36.8 Å². The van der Waals surface area contributed by atoms with Crippen LogP contribution in [0.2, 0.25) is 0 Å². The molecule has 0 spiro atoms. The molecule has 1 aromatic carbocycles. The number of ketones is 1. The number of hydrogen-bond acceptors (Lipinski definition) is 5. The summed E-state index contributed by atoms with van der Waals surface area (Å²) >= 11 is 1.46. The summed E-state index contributed by atoms with van der Waals surface area (Å²) in [6.07, 6.45) is 2.96. The molecular formula is C23H27NO4S. The number of aryl methyl sites for hydroxylation is 1. The number of carbonyl (C=O) groups excluding carboxylic acids is 3. The maximum Gasteiger partial charge on any atom is 0.341 e. The summed E-state index contributed by atoms with van der Waals surface area (Å²) in [5.74, 6) is -0.148. The van der Waals surface area contributed by atoms with E-state index in [1.165, 1.54) is 11.3 Å². The molecule has 0 radical (unpaired) electrons. The van der Waals surface area contributed by atoms with E-state index in [0.29, 0.717) is 22.0 Å². The maximum absolute atomic E-state index is 12.5. The molecule has 0 saturated heterocycles. The lowest BCUT2D eigenvalue weighted by Crippen LogP contribution is -2.17. The molecule has 0 saturated carbocycles. The average molecular weight is 414 g/mol. The molecule has 29 heavy (non-hydrogen) atoms. The second-order valence-electron chi connectivity index (χ2n) is 7.61. The van der Waals surface area contributed by atoms with Gasteiger partial charge in [0, 0.05) is 23.3 Å². The lowest BCUT2D eigenvalue weighted by atomic mass is 9.88. The van der Waals surface area contributed by atoms with E-state index in [1.807, 2.05) is 19.1 Å². The number of anilines is 1. The average Bonchev–Trinajstić information content (AvgIpc) is 3.03. The zero-order valence-corrected chi connectivity index (χ0v) is 18.0. The number of nitrogens with one attached hydrogen (secondary N) is 1. The van der Waals surface area contributed by atoms with Gasteiger partial charge in [-0.05, 0) is 44.6 Å². The van der Waals surface area contributed by atoms with E-state index in [-0.39, 0.29) is 37.1 Å². The van der Waals surface area contributed by atoms with Crippen molar-refractivity contribution >= 4 is 34.0 Å². The second kappa shape index (κ2) is 9.35. The number of hydrogen-bond donors (Lipinski definition) is 1. The Balaban J connectivity index is 1.70. The third-order valence-corrected chi connectivity index (χ3v) is 6.37. The highest BCUT2D eigenvalue weighted by molar-refractivity contribution is 7.17. The molecule has 154 valence electrons. The highest BCUT2D eigenvalue weighted by Gasteiger charge is 2.29. The van der Waals surface area contributed by atoms with Crippen LogP contribution in [0.1, 0.15) is 69.8 Å². The highest BCUT2D eigenvalue weighted by atomic mass is 32.1. The van der Waals surface area contributed by atoms with Gasteiger partial charge in [0.2, 0.25) is 5.91 Å². The van der Waals surface area contributed by atoms with Crippen LogP contribution in [0.4, 0.5) is 5.00 Å². The first-order valence-electron chi connectivity index (χ1n) is 10.1. The van der Waals surface area contributed by atoms with Gasteiger partial charge in [0.15, 0.2) is 5.78 Å². The number of thiophene rings is 1. The number of esters is 1. The Morgan fingerprint density at radius 3 is 2.59 bits per heavy atom. The summed E-state index contributed by atoms with van der Waals surface area (Å²) in [5.41, 5.74) is 3.20. The molecule has 1 aliphatic carbocycles. The van der Waals surface area contributed by atoms with Gasteiger partial charge >= 0.3 is 5.97 Å². The van der Waals surface area contributed by atoms with Crippen molar-refractivity contribution in [1.82, 2.24) is 0 Å². The molecular weight excluding hydrogens is 386 g/mol. The van der Waals surface area contributed by atoms with E-state index >= 15 is 0 Å². The van der Waals surface area contributed by atoms with Crippen LogP contribution in [-0.2, 0) is 22.4 Å². The Morgan fingerprint density at radius 1 is 1.17 bits per heavy atom. The predicted octanol–water partition coefficient (Wildman–Crippen LogP) is 4.96. The maximum atomic E-state index is 12.5. The number of ether oxygens (including phenoxy) is 1. The van der Waals surface area contributed by atoms with Crippen molar-refractivity contribution in [2.45, 2.75) is 52.9 Å². The predicted molar refractivity (Wildman–Crippen MR) is 115 cm³/mol. The van der Waals surface area contributed by atoms with E-state index in [4.69, 9.17) is 4.74 Å². The fourth-order valence-electron chi connectivity index (χ4n) is 3.56. The zero-order valence-electron chi connectivity index (χ0n) is 17.2. The van der Waals surface area contributed by atoms with Crippen LogP contribution in [0.15, 0.2) is 24.3 Å². The third-order valence-electron chi connectivity index (χ3n) is 5.20.